The summed E-state index contributed by atoms with van der Waals surface area (Å²) in [6, 6.07) is 11.4. The standard InChI is InChI=1S/C20H17FN4O3S2/c21-12-3-6-14-16(9-12)29-19(24-14)22-8-7-11-1-4-13(5-2-11)23-20-25-15(10-17(26)27)18(28)30-20/h1-6,9,15H,7-8,10H2,(H,22,24)(H,23,25)(H,26,27)/t15-/m0/s1. The number of aliphatic carboxylic acids is 1. The number of nitrogens with zero attached hydrogens (tertiary/aromatic N) is 2. The van der Waals surface area contributed by atoms with E-state index >= 15 is 0 Å². The third-order valence-corrected chi connectivity index (χ3v) is 6.21. The Labute approximate surface area is 179 Å². The summed E-state index contributed by atoms with van der Waals surface area (Å²) in [5.41, 5.74) is 2.66. The van der Waals surface area contributed by atoms with Crippen LogP contribution >= 0.6 is 23.1 Å². The second-order valence-electron chi connectivity index (χ2n) is 6.60. The van der Waals surface area contributed by atoms with E-state index in [4.69, 9.17) is 5.11 Å². The molecule has 0 spiro atoms. The molecule has 3 N–H and O–H groups in total. The maximum Gasteiger partial charge on any atom is 0.306 e. The van der Waals surface area contributed by atoms with Crippen molar-refractivity contribution in [2.75, 3.05) is 17.2 Å². The molecule has 0 fully saturated rings. The molecule has 10 heteroatoms. The number of carbonyl (C=O) groups excluding carboxylic acids is 1. The molecule has 0 aliphatic carbocycles. The fraction of sp³-hybridized carbons (Fsp3) is 0.200. The van der Waals surface area contributed by atoms with Gasteiger partial charge in [-0.15, -0.1) is 0 Å². The fourth-order valence-corrected chi connectivity index (χ4v) is 4.63. The number of thiazole rings is 1. The van der Waals surface area contributed by atoms with Gasteiger partial charge in [-0.3, -0.25) is 9.59 Å². The van der Waals surface area contributed by atoms with Crippen molar-refractivity contribution in [1.29, 1.82) is 0 Å². The van der Waals surface area contributed by atoms with Crippen LogP contribution < -0.4 is 10.6 Å². The van der Waals surface area contributed by atoms with E-state index in [1.165, 1.54) is 23.5 Å². The first-order chi connectivity index (χ1) is 14.5. The highest BCUT2D eigenvalue weighted by Crippen LogP contribution is 2.27. The summed E-state index contributed by atoms with van der Waals surface area (Å²) in [6.07, 6.45) is 0.478. The van der Waals surface area contributed by atoms with Crippen molar-refractivity contribution in [1.82, 2.24) is 4.98 Å². The summed E-state index contributed by atoms with van der Waals surface area (Å²) in [5.74, 6) is -1.31. The van der Waals surface area contributed by atoms with E-state index in [-0.39, 0.29) is 17.4 Å². The van der Waals surface area contributed by atoms with Gasteiger partial charge in [0.1, 0.15) is 11.9 Å². The minimum absolute atomic E-state index is 0.264. The summed E-state index contributed by atoms with van der Waals surface area (Å²) in [7, 11) is 0. The zero-order chi connectivity index (χ0) is 21.1. The van der Waals surface area contributed by atoms with Gasteiger partial charge < -0.3 is 15.7 Å². The highest BCUT2D eigenvalue weighted by Gasteiger charge is 2.29. The van der Waals surface area contributed by atoms with Crippen LogP contribution in [0.5, 0.6) is 0 Å². The van der Waals surface area contributed by atoms with Crippen molar-refractivity contribution < 1.29 is 19.1 Å². The smallest absolute Gasteiger partial charge is 0.306 e. The lowest BCUT2D eigenvalue weighted by atomic mass is 10.1. The zero-order valence-electron chi connectivity index (χ0n) is 15.6. The van der Waals surface area contributed by atoms with Crippen molar-refractivity contribution in [2.24, 2.45) is 4.99 Å². The van der Waals surface area contributed by atoms with Gasteiger partial charge >= 0.3 is 5.97 Å². The molecule has 4 rings (SSSR count). The number of anilines is 2. The summed E-state index contributed by atoms with van der Waals surface area (Å²) >= 11 is 2.34. The van der Waals surface area contributed by atoms with Crippen molar-refractivity contribution in [3.8, 4) is 0 Å². The molecule has 0 saturated heterocycles. The van der Waals surface area contributed by atoms with Gasteiger partial charge in [0, 0.05) is 12.2 Å². The number of halogens is 1. The number of carboxylic acid groups (broad SMARTS) is 1. The predicted octanol–water partition coefficient (Wildman–Crippen LogP) is 3.97. The number of nitrogens with one attached hydrogen (secondary N) is 2. The molecular weight excluding hydrogens is 427 g/mol. The van der Waals surface area contributed by atoms with Gasteiger partial charge in [0.25, 0.3) is 0 Å². The number of rotatable bonds is 7. The van der Waals surface area contributed by atoms with E-state index in [0.29, 0.717) is 11.7 Å². The highest BCUT2D eigenvalue weighted by atomic mass is 32.2. The van der Waals surface area contributed by atoms with Crippen molar-refractivity contribution >= 4 is 60.4 Å². The van der Waals surface area contributed by atoms with Gasteiger partial charge in [0.15, 0.2) is 10.3 Å². The fourth-order valence-electron chi connectivity index (χ4n) is 2.90. The number of benzene rings is 2. The van der Waals surface area contributed by atoms with Gasteiger partial charge in [-0.25, -0.2) is 14.4 Å². The Kier molecular flexibility index (Phi) is 5.96. The van der Waals surface area contributed by atoms with Crippen molar-refractivity contribution in [2.45, 2.75) is 18.9 Å². The normalized spacial score (nSPS) is 16.0. The Morgan fingerprint density at radius 3 is 2.77 bits per heavy atom. The predicted molar refractivity (Wildman–Crippen MR) is 118 cm³/mol. The van der Waals surface area contributed by atoms with Crippen LogP contribution in [-0.2, 0) is 16.0 Å². The van der Waals surface area contributed by atoms with Gasteiger partial charge in [0.2, 0.25) is 5.12 Å². The minimum atomic E-state index is -1.05. The molecule has 0 unspecified atom stereocenters. The molecule has 0 saturated carbocycles. The van der Waals surface area contributed by atoms with Crippen LogP contribution in [-0.4, -0.2) is 38.9 Å². The van der Waals surface area contributed by atoms with Crippen LogP contribution in [0.1, 0.15) is 12.0 Å². The molecule has 0 bridgehead atoms. The monoisotopic (exact) mass is 444 g/mol. The first-order valence-electron chi connectivity index (χ1n) is 9.13. The van der Waals surface area contributed by atoms with Gasteiger partial charge in [-0.2, -0.15) is 0 Å². The number of fused-ring (bicyclic) bond motifs is 1. The van der Waals surface area contributed by atoms with Crippen LogP contribution in [0.3, 0.4) is 0 Å². The second-order valence-corrected chi connectivity index (χ2v) is 8.62. The van der Waals surface area contributed by atoms with Crippen molar-refractivity contribution in [3.63, 3.8) is 0 Å². The highest BCUT2D eigenvalue weighted by molar-refractivity contribution is 8.27. The van der Waals surface area contributed by atoms with E-state index in [1.807, 2.05) is 24.3 Å². The molecule has 3 aromatic rings. The molecule has 154 valence electrons. The molecule has 2 aromatic carbocycles. The van der Waals surface area contributed by atoms with Gasteiger partial charge in [0.05, 0.1) is 16.6 Å². The van der Waals surface area contributed by atoms with Crippen LogP contribution in [0.2, 0.25) is 0 Å². The number of thioether (sulfide) groups is 1. The molecule has 1 aliphatic heterocycles. The molecule has 1 aromatic heterocycles. The summed E-state index contributed by atoms with van der Waals surface area (Å²) in [4.78, 5) is 31.1. The third kappa shape index (κ3) is 4.95. The van der Waals surface area contributed by atoms with E-state index in [0.717, 1.165) is 44.8 Å². The Bertz CT molecular complexity index is 1130. The molecule has 7 nitrogen and oxygen atoms in total. The Hall–Kier alpha value is -2.98. The Balaban J connectivity index is 1.29. The maximum absolute atomic E-state index is 13.3. The lowest BCUT2D eigenvalue weighted by molar-refractivity contribution is -0.138. The molecule has 1 atom stereocenters. The Morgan fingerprint density at radius 1 is 1.20 bits per heavy atom. The van der Waals surface area contributed by atoms with E-state index in [9.17, 15) is 14.0 Å². The number of carbonyl (C=O) groups is 2. The molecule has 2 heterocycles. The average molecular weight is 445 g/mol. The first kappa shape index (κ1) is 20.3. The van der Waals surface area contributed by atoms with E-state index in [2.05, 4.69) is 20.6 Å². The van der Waals surface area contributed by atoms with E-state index < -0.39 is 12.0 Å². The Morgan fingerprint density at radius 2 is 2.00 bits per heavy atom. The largest absolute Gasteiger partial charge is 0.481 e. The molecule has 0 amide bonds. The average Bonchev–Trinajstić information content (AvgIpc) is 3.25. The van der Waals surface area contributed by atoms with Crippen LogP contribution in [0.15, 0.2) is 47.5 Å². The second kappa shape index (κ2) is 8.80. The first-order valence-corrected chi connectivity index (χ1v) is 10.8. The number of hydrogen-bond acceptors (Lipinski definition) is 8. The van der Waals surface area contributed by atoms with E-state index in [1.54, 1.807) is 6.07 Å². The lowest BCUT2D eigenvalue weighted by Crippen LogP contribution is -2.15. The van der Waals surface area contributed by atoms with Gasteiger partial charge in [-0.1, -0.05) is 23.5 Å². The quantitative estimate of drug-likeness (QED) is 0.506. The molecular formula is C20H17FN4O3S2. The molecule has 30 heavy (non-hydrogen) atoms. The number of carboxylic acids is 1. The van der Waals surface area contributed by atoms with Crippen LogP contribution in [0, 0.1) is 5.82 Å². The SMILES string of the molecule is O=C(O)C[C@@H]1N=C(Nc2ccc(CCNc3nc4ccc(F)cc4s3)cc2)SC1=O. The minimum Gasteiger partial charge on any atom is -0.481 e. The van der Waals surface area contributed by atoms with Crippen molar-refractivity contribution in [3.05, 3.63) is 53.8 Å². The summed E-state index contributed by atoms with van der Waals surface area (Å²) < 4.78 is 14.1. The lowest BCUT2D eigenvalue weighted by Gasteiger charge is -2.07. The molecule has 1 aliphatic rings. The zero-order valence-corrected chi connectivity index (χ0v) is 17.2. The van der Waals surface area contributed by atoms with Crippen LogP contribution in [0.25, 0.3) is 10.2 Å². The van der Waals surface area contributed by atoms with Crippen LogP contribution in [0.4, 0.5) is 15.2 Å². The number of aliphatic imine (C=N–C) groups is 1. The number of amidine groups is 1. The topological polar surface area (TPSA) is 104 Å². The molecule has 0 radical (unpaired) electrons. The third-order valence-electron chi connectivity index (χ3n) is 4.36. The summed E-state index contributed by atoms with van der Waals surface area (Å²) in [6.45, 7) is 0.684. The summed E-state index contributed by atoms with van der Waals surface area (Å²) in [5, 5.41) is 16.0. The van der Waals surface area contributed by atoms with Gasteiger partial charge in [-0.05, 0) is 54.1 Å². The number of aromatic nitrogens is 1. The number of hydrogen-bond donors (Lipinski definition) is 3. The maximum atomic E-state index is 13.3.